The Bertz CT molecular complexity index is 175. The molecule has 0 aliphatic heterocycles. The summed E-state index contributed by atoms with van der Waals surface area (Å²) in [4.78, 5) is 10.3. The van der Waals surface area contributed by atoms with Crippen LogP contribution in [0.1, 0.15) is 19.3 Å². The second-order valence-electron chi connectivity index (χ2n) is 3.35. The van der Waals surface area contributed by atoms with Crippen molar-refractivity contribution in [3.63, 3.8) is 0 Å². The first-order valence-electron chi connectivity index (χ1n) is 4.65. The van der Waals surface area contributed by atoms with Crippen molar-refractivity contribution in [3.8, 4) is 0 Å². The monoisotopic (exact) mass is 187 g/mol. The maximum Gasteiger partial charge on any atom is 0.312 e. The number of aliphatic hydroxyl groups excluding tert-OH is 1. The molecule has 0 spiro atoms. The number of carbonyl (C=O) groups excluding carboxylic acids is 1. The number of nitrogens with one attached hydrogen (secondary N) is 2. The summed E-state index contributed by atoms with van der Waals surface area (Å²) in [6.45, 7) is 1.17. The number of urea groups is 1. The van der Waals surface area contributed by atoms with Gasteiger partial charge >= 0.3 is 6.03 Å². The van der Waals surface area contributed by atoms with Gasteiger partial charge < -0.3 is 21.5 Å². The number of hydrogen-bond donors (Lipinski definition) is 4. The lowest BCUT2D eigenvalue weighted by Gasteiger charge is -2.15. The van der Waals surface area contributed by atoms with Crippen molar-refractivity contribution < 1.29 is 9.90 Å². The lowest BCUT2D eigenvalue weighted by Crippen LogP contribution is -2.41. The number of aliphatic hydroxyl groups is 1. The zero-order valence-electron chi connectivity index (χ0n) is 7.62. The second-order valence-corrected chi connectivity index (χ2v) is 3.35. The molecule has 2 amide bonds. The molecule has 0 saturated heterocycles. The van der Waals surface area contributed by atoms with E-state index in [4.69, 9.17) is 5.73 Å². The normalized spacial score (nSPS) is 27.5. The fourth-order valence-electron chi connectivity index (χ4n) is 1.62. The minimum atomic E-state index is -0.506. The molecule has 2 atom stereocenters. The van der Waals surface area contributed by atoms with E-state index in [1.165, 1.54) is 0 Å². The third kappa shape index (κ3) is 3.61. The van der Waals surface area contributed by atoms with E-state index < -0.39 is 6.03 Å². The second kappa shape index (κ2) is 5.04. The number of hydrogen-bond acceptors (Lipinski definition) is 3. The lowest BCUT2D eigenvalue weighted by molar-refractivity contribution is 0.149. The Morgan fingerprint density at radius 2 is 2.23 bits per heavy atom. The summed E-state index contributed by atoms with van der Waals surface area (Å²) in [6, 6.07) is -0.316. The predicted octanol–water partition coefficient (Wildman–Crippen LogP) is -0.842. The molecule has 0 heterocycles. The molecule has 13 heavy (non-hydrogen) atoms. The Morgan fingerprint density at radius 3 is 2.77 bits per heavy atom. The summed E-state index contributed by atoms with van der Waals surface area (Å²) in [6.07, 6.45) is 2.73. The lowest BCUT2D eigenvalue weighted by atomic mass is 10.2. The molecule has 5 heteroatoms. The van der Waals surface area contributed by atoms with Crippen LogP contribution < -0.4 is 16.4 Å². The van der Waals surface area contributed by atoms with Gasteiger partial charge in [0.1, 0.15) is 0 Å². The van der Waals surface area contributed by atoms with Gasteiger partial charge in [-0.15, -0.1) is 0 Å². The standard InChI is InChI=1S/C8H17N3O2/c9-8(13)11-5-4-10-6-2-1-3-7(6)12/h6-7,10,12H,1-5H2,(H3,9,11,13)/t6-,7-/m0/s1. The van der Waals surface area contributed by atoms with Crippen LogP contribution >= 0.6 is 0 Å². The van der Waals surface area contributed by atoms with Crippen LogP contribution in [0, 0.1) is 0 Å². The smallest absolute Gasteiger partial charge is 0.312 e. The van der Waals surface area contributed by atoms with Crippen molar-refractivity contribution in [1.29, 1.82) is 0 Å². The Hall–Kier alpha value is -0.810. The fraction of sp³-hybridized carbons (Fsp3) is 0.875. The first kappa shape index (κ1) is 10.3. The van der Waals surface area contributed by atoms with E-state index in [0.29, 0.717) is 13.1 Å². The Balaban J connectivity index is 2.02. The molecular weight excluding hydrogens is 170 g/mol. The highest BCUT2D eigenvalue weighted by Crippen LogP contribution is 2.18. The van der Waals surface area contributed by atoms with Gasteiger partial charge in [-0.2, -0.15) is 0 Å². The van der Waals surface area contributed by atoms with Crippen LogP contribution in [0.5, 0.6) is 0 Å². The molecule has 1 aliphatic rings. The van der Waals surface area contributed by atoms with Crippen LogP contribution in [0.15, 0.2) is 0 Å². The van der Waals surface area contributed by atoms with E-state index >= 15 is 0 Å². The summed E-state index contributed by atoms with van der Waals surface area (Å²) in [7, 11) is 0. The summed E-state index contributed by atoms with van der Waals surface area (Å²) < 4.78 is 0. The summed E-state index contributed by atoms with van der Waals surface area (Å²) in [5, 5.41) is 15.1. The SMILES string of the molecule is NC(=O)NCCN[C@H]1CCC[C@@H]1O. The van der Waals surface area contributed by atoms with Crippen molar-refractivity contribution in [2.75, 3.05) is 13.1 Å². The van der Waals surface area contributed by atoms with Crippen LogP contribution in [-0.4, -0.2) is 36.4 Å². The molecule has 5 N–H and O–H groups in total. The van der Waals surface area contributed by atoms with E-state index in [-0.39, 0.29) is 12.1 Å². The minimum absolute atomic E-state index is 0.190. The highest BCUT2D eigenvalue weighted by molar-refractivity contribution is 5.71. The predicted molar refractivity (Wildman–Crippen MR) is 49.2 cm³/mol. The summed E-state index contributed by atoms with van der Waals surface area (Å²) in [5.74, 6) is 0. The average molecular weight is 187 g/mol. The van der Waals surface area contributed by atoms with E-state index in [0.717, 1.165) is 19.3 Å². The molecule has 1 aliphatic carbocycles. The maximum absolute atomic E-state index is 10.3. The fourth-order valence-corrected chi connectivity index (χ4v) is 1.62. The third-order valence-corrected chi connectivity index (χ3v) is 2.31. The molecule has 0 bridgehead atoms. The minimum Gasteiger partial charge on any atom is -0.392 e. The molecule has 1 fully saturated rings. The van der Waals surface area contributed by atoms with Crippen molar-refractivity contribution in [1.82, 2.24) is 10.6 Å². The van der Waals surface area contributed by atoms with Crippen molar-refractivity contribution in [3.05, 3.63) is 0 Å². The molecule has 1 saturated carbocycles. The highest BCUT2D eigenvalue weighted by Gasteiger charge is 2.23. The van der Waals surface area contributed by atoms with E-state index in [2.05, 4.69) is 10.6 Å². The number of rotatable bonds is 4. The van der Waals surface area contributed by atoms with Crippen LogP contribution in [0.25, 0.3) is 0 Å². The van der Waals surface area contributed by atoms with Gasteiger partial charge in [0.2, 0.25) is 0 Å². The van der Waals surface area contributed by atoms with Gasteiger partial charge in [-0.1, -0.05) is 0 Å². The zero-order valence-corrected chi connectivity index (χ0v) is 7.62. The highest BCUT2D eigenvalue weighted by atomic mass is 16.3. The molecular formula is C8H17N3O2. The Kier molecular flexibility index (Phi) is 3.98. The Morgan fingerprint density at radius 1 is 1.46 bits per heavy atom. The molecule has 0 unspecified atom stereocenters. The van der Waals surface area contributed by atoms with Crippen LogP contribution in [0.4, 0.5) is 4.79 Å². The van der Waals surface area contributed by atoms with Gasteiger partial charge in [0, 0.05) is 19.1 Å². The van der Waals surface area contributed by atoms with Crippen LogP contribution in [0.2, 0.25) is 0 Å². The van der Waals surface area contributed by atoms with E-state index in [1.807, 2.05) is 0 Å². The number of nitrogens with two attached hydrogens (primary N) is 1. The van der Waals surface area contributed by atoms with Gasteiger partial charge in [0.25, 0.3) is 0 Å². The van der Waals surface area contributed by atoms with Crippen LogP contribution in [0.3, 0.4) is 0 Å². The number of amides is 2. The van der Waals surface area contributed by atoms with Gasteiger partial charge in [-0.05, 0) is 19.3 Å². The first-order chi connectivity index (χ1) is 6.20. The van der Waals surface area contributed by atoms with E-state index in [1.54, 1.807) is 0 Å². The quantitative estimate of drug-likeness (QED) is 0.433. The molecule has 5 nitrogen and oxygen atoms in total. The van der Waals surface area contributed by atoms with Gasteiger partial charge in [-0.25, -0.2) is 4.79 Å². The van der Waals surface area contributed by atoms with E-state index in [9.17, 15) is 9.90 Å². The first-order valence-corrected chi connectivity index (χ1v) is 4.65. The molecule has 0 aromatic rings. The Labute approximate surface area is 77.7 Å². The van der Waals surface area contributed by atoms with Gasteiger partial charge in [0.15, 0.2) is 0 Å². The van der Waals surface area contributed by atoms with Crippen molar-refractivity contribution >= 4 is 6.03 Å². The van der Waals surface area contributed by atoms with Crippen molar-refractivity contribution in [2.45, 2.75) is 31.4 Å². The topological polar surface area (TPSA) is 87.4 Å². The van der Waals surface area contributed by atoms with Crippen molar-refractivity contribution in [2.24, 2.45) is 5.73 Å². The molecule has 0 aromatic heterocycles. The molecule has 1 rings (SSSR count). The zero-order chi connectivity index (χ0) is 9.68. The average Bonchev–Trinajstić information content (AvgIpc) is 2.45. The summed E-state index contributed by atoms with van der Waals surface area (Å²) in [5.41, 5.74) is 4.89. The summed E-state index contributed by atoms with van der Waals surface area (Å²) >= 11 is 0. The number of primary amides is 1. The maximum atomic E-state index is 10.3. The molecule has 0 radical (unpaired) electrons. The van der Waals surface area contributed by atoms with Crippen LogP contribution in [-0.2, 0) is 0 Å². The van der Waals surface area contributed by atoms with Gasteiger partial charge in [-0.3, -0.25) is 0 Å². The number of carbonyl (C=O) groups is 1. The van der Waals surface area contributed by atoms with Gasteiger partial charge in [0.05, 0.1) is 6.10 Å². The molecule has 76 valence electrons. The largest absolute Gasteiger partial charge is 0.392 e. The third-order valence-electron chi connectivity index (χ3n) is 2.31. The molecule has 0 aromatic carbocycles.